The highest BCUT2D eigenvalue weighted by Gasteiger charge is 2.21. The molecule has 0 radical (unpaired) electrons. The van der Waals surface area contributed by atoms with E-state index < -0.39 is 17.7 Å². The summed E-state index contributed by atoms with van der Waals surface area (Å²) in [6.07, 6.45) is 1.44. The number of anilines is 1. The number of hydrazone groups is 1. The van der Waals surface area contributed by atoms with E-state index in [1.54, 1.807) is 56.7 Å². The van der Waals surface area contributed by atoms with Gasteiger partial charge in [-0.1, -0.05) is 6.07 Å². The number of hydrogen-bond acceptors (Lipinski definition) is 6. The van der Waals surface area contributed by atoms with E-state index in [0.717, 1.165) is 0 Å². The third-order valence-electron chi connectivity index (χ3n) is 4.04. The minimum Gasteiger partial charge on any atom is -0.497 e. The largest absolute Gasteiger partial charge is 0.497 e. The maximum atomic E-state index is 12.3. The van der Waals surface area contributed by atoms with Crippen molar-refractivity contribution in [1.82, 2.24) is 5.43 Å². The highest BCUT2D eigenvalue weighted by atomic mass is 16.5. The molecule has 2 aromatic rings. The molecule has 0 aliphatic heterocycles. The lowest BCUT2D eigenvalue weighted by Crippen LogP contribution is -2.34. The average molecular weight is 399 g/mol. The molecule has 0 aliphatic carbocycles. The van der Waals surface area contributed by atoms with Gasteiger partial charge >= 0.3 is 0 Å². The lowest BCUT2D eigenvalue weighted by atomic mass is 10.1. The van der Waals surface area contributed by atoms with Crippen LogP contribution < -0.4 is 25.0 Å². The number of methoxy groups -OCH3 is 2. The molecule has 1 unspecified atom stereocenters. The molecule has 2 rings (SSSR count). The maximum absolute atomic E-state index is 12.3. The predicted molar refractivity (Wildman–Crippen MR) is 111 cm³/mol. The van der Waals surface area contributed by atoms with Gasteiger partial charge in [0, 0.05) is 11.3 Å². The molecule has 0 aromatic heterocycles. The van der Waals surface area contributed by atoms with Gasteiger partial charge in [0.05, 0.1) is 27.0 Å². The topological polar surface area (TPSA) is 98.2 Å². The van der Waals surface area contributed by atoms with Crippen LogP contribution in [0.15, 0.2) is 47.6 Å². The Kier molecular flexibility index (Phi) is 8.02. The summed E-state index contributed by atoms with van der Waals surface area (Å²) >= 11 is 0. The second-order valence-corrected chi connectivity index (χ2v) is 5.99. The molecule has 0 spiro atoms. The number of ether oxygens (including phenoxy) is 3. The molecule has 0 aliphatic rings. The summed E-state index contributed by atoms with van der Waals surface area (Å²) in [5, 5.41) is 6.62. The third kappa shape index (κ3) is 5.97. The van der Waals surface area contributed by atoms with Crippen LogP contribution in [0.3, 0.4) is 0 Å². The number of amides is 2. The van der Waals surface area contributed by atoms with Gasteiger partial charge in [0.2, 0.25) is 5.91 Å². The first-order valence-electron chi connectivity index (χ1n) is 9.07. The number of nitrogens with zero attached hydrogens (tertiary/aromatic N) is 1. The van der Waals surface area contributed by atoms with E-state index in [9.17, 15) is 9.59 Å². The minimum atomic E-state index is -0.939. The van der Waals surface area contributed by atoms with E-state index in [2.05, 4.69) is 15.8 Å². The average Bonchev–Trinajstić information content (AvgIpc) is 2.74. The van der Waals surface area contributed by atoms with Crippen molar-refractivity contribution in [2.75, 3.05) is 26.1 Å². The van der Waals surface area contributed by atoms with Crippen molar-refractivity contribution in [3.8, 4) is 17.2 Å². The standard InChI is InChI=1S/C21H25N3O5/c1-5-29-19-15(7-6-8-18(19)28-4)13-22-24-21(26)14(2)20(25)23-16-9-11-17(27-3)12-10-16/h6-14H,5H2,1-4H3,(H,23,25)(H,24,26). The molecule has 8 heteroatoms. The molecule has 1 atom stereocenters. The molecule has 0 saturated heterocycles. The van der Waals surface area contributed by atoms with Crippen LogP contribution in [0.4, 0.5) is 5.69 Å². The molecule has 2 amide bonds. The molecule has 2 N–H and O–H groups in total. The van der Waals surface area contributed by atoms with Crippen molar-refractivity contribution in [2.45, 2.75) is 13.8 Å². The fourth-order valence-electron chi connectivity index (χ4n) is 2.40. The predicted octanol–water partition coefficient (Wildman–Crippen LogP) is 2.83. The van der Waals surface area contributed by atoms with Crippen molar-refractivity contribution < 1.29 is 23.8 Å². The molecule has 154 valence electrons. The molecule has 0 fully saturated rings. The van der Waals surface area contributed by atoms with Crippen LogP contribution in [0.2, 0.25) is 0 Å². The summed E-state index contributed by atoms with van der Waals surface area (Å²) in [6.45, 7) is 3.81. The van der Waals surface area contributed by atoms with Crippen molar-refractivity contribution in [1.29, 1.82) is 0 Å². The van der Waals surface area contributed by atoms with Crippen LogP contribution in [0.5, 0.6) is 17.2 Å². The Morgan fingerprint density at radius 3 is 2.41 bits per heavy atom. The molecule has 8 nitrogen and oxygen atoms in total. The van der Waals surface area contributed by atoms with Crippen LogP contribution >= 0.6 is 0 Å². The SMILES string of the molecule is CCOc1c(C=NNC(=O)C(C)C(=O)Nc2ccc(OC)cc2)cccc1OC. The fraction of sp³-hybridized carbons (Fsp3) is 0.286. The van der Waals surface area contributed by atoms with Gasteiger partial charge in [-0.3, -0.25) is 9.59 Å². The highest BCUT2D eigenvalue weighted by molar-refractivity contribution is 6.06. The summed E-state index contributed by atoms with van der Waals surface area (Å²) in [7, 11) is 3.10. The number of carbonyl (C=O) groups is 2. The smallest absolute Gasteiger partial charge is 0.252 e. The van der Waals surface area contributed by atoms with Gasteiger partial charge in [0.15, 0.2) is 11.5 Å². The van der Waals surface area contributed by atoms with Crippen molar-refractivity contribution in [3.05, 3.63) is 48.0 Å². The van der Waals surface area contributed by atoms with Gasteiger partial charge in [0.1, 0.15) is 11.7 Å². The lowest BCUT2D eigenvalue weighted by Gasteiger charge is -2.12. The number of rotatable bonds is 9. The number of carbonyl (C=O) groups excluding carboxylic acids is 2. The van der Waals surface area contributed by atoms with Crippen LogP contribution in [0.25, 0.3) is 0 Å². The number of benzene rings is 2. The Bertz CT molecular complexity index is 865. The van der Waals surface area contributed by atoms with Crippen LogP contribution in [0, 0.1) is 5.92 Å². The lowest BCUT2D eigenvalue weighted by molar-refractivity contribution is -0.131. The van der Waals surface area contributed by atoms with E-state index in [-0.39, 0.29) is 0 Å². The summed E-state index contributed by atoms with van der Waals surface area (Å²) in [4.78, 5) is 24.5. The van der Waals surface area contributed by atoms with E-state index in [0.29, 0.717) is 35.1 Å². The van der Waals surface area contributed by atoms with Gasteiger partial charge in [0.25, 0.3) is 5.91 Å². The Hall–Kier alpha value is -3.55. The molecule has 0 bridgehead atoms. The normalized spacial score (nSPS) is 11.6. The van der Waals surface area contributed by atoms with Crippen molar-refractivity contribution in [2.24, 2.45) is 11.0 Å². The summed E-state index contributed by atoms with van der Waals surface area (Å²) in [5.41, 5.74) is 3.58. The number of nitrogens with one attached hydrogen (secondary N) is 2. The maximum Gasteiger partial charge on any atom is 0.252 e. The zero-order chi connectivity index (χ0) is 21.2. The Morgan fingerprint density at radius 1 is 1.07 bits per heavy atom. The quantitative estimate of drug-likeness (QED) is 0.384. The zero-order valence-electron chi connectivity index (χ0n) is 16.9. The minimum absolute atomic E-state index is 0.445. The molecule has 0 saturated carbocycles. The highest BCUT2D eigenvalue weighted by Crippen LogP contribution is 2.29. The zero-order valence-corrected chi connectivity index (χ0v) is 16.9. The second-order valence-electron chi connectivity index (χ2n) is 5.99. The van der Waals surface area contributed by atoms with Crippen LogP contribution in [-0.4, -0.2) is 38.9 Å². The Balaban J connectivity index is 1.98. The first-order chi connectivity index (χ1) is 14.0. The van der Waals surface area contributed by atoms with E-state index in [1.165, 1.54) is 13.1 Å². The fourth-order valence-corrected chi connectivity index (χ4v) is 2.40. The molecule has 29 heavy (non-hydrogen) atoms. The first-order valence-corrected chi connectivity index (χ1v) is 9.07. The third-order valence-corrected chi connectivity index (χ3v) is 4.04. The molecular formula is C21H25N3O5. The number of para-hydroxylation sites is 1. The van der Waals surface area contributed by atoms with Gasteiger partial charge in [-0.15, -0.1) is 0 Å². The monoisotopic (exact) mass is 399 g/mol. The molecular weight excluding hydrogens is 374 g/mol. The first kappa shape index (κ1) is 21.7. The van der Waals surface area contributed by atoms with Gasteiger partial charge in [-0.25, -0.2) is 5.43 Å². The van der Waals surface area contributed by atoms with Crippen molar-refractivity contribution >= 4 is 23.7 Å². The van der Waals surface area contributed by atoms with Gasteiger partial charge in [-0.05, 0) is 50.2 Å². The van der Waals surface area contributed by atoms with Crippen molar-refractivity contribution in [3.63, 3.8) is 0 Å². The second kappa shape index (κ2) is 10.7. The number of hydrogen-bond donors (Lipinski definition) is 2. The van der Waals surface area contributed by atoms with E-state index in [4.69, 9.17) is 14.2 Å². The molecule has 0 heterocycles. The van der Waals surface area contributed by atoms with Gasteiger partial charge < -0.3 is 19.5 Å². The Morgan fingerprint density at radius 2 is 1.79 bits per heavy atom. The van der Waals surface area contributed by atoms with Gasteiger partial charge in [-0.2, -0.15) is 5.10 Å². The summed E-state index contributed by atoms with van der Waals surface area (Å²) < 4.78 is 15.9. The van der Waals surface area contributed by atoms with E-state index in [1.807, 2.05) is 6.92 Å². The summed E-state index contributed by atoms with van der Waals surface area (Å²) in [6, 6.07) is 12.2. The van der Waals surface area contributed by atoms with E-state index >= 15 is 0 Å². The Labute approximate surface area is 169 Å². The van der Waals surface area contributed by atoms with Crippen LogP contribution in [-0.2, 0) is 9.59 Å². The summed E-state index contributed by atoms with van der Waals surface area (Å²) in [5.74, 6) is -0.152. The van der Waals surface area contributed by atoms with Crippen LogP contribution in [0.1, 0.15) is 19.4 Å². The molecule has 2 aromatic carbocycles.